The molecule has 0 aromatic rings. The van der Waals surface area contributed by atoms with Gasteiger partial charge in [0.05, 0.1) is 6.61 Å². The fraction of sp³-hybridized carbons (Fsp3) is 0.929. The molecule has 18 heavy (non-hydrogen) atoms. The second kappa shape index (κ2) is 7.74. The molecule has 2 N–H and O–H groups in total. The van der Waals surface area contributed by atoms with Crippen LogP contribution in [0.25, 0.3) is 0 Å². The molecule has 0 heterocycles. The Morgan fingerprint density at radius 1 is 1.33 bits per heavy atom. The van der Waals surface area contributed by atoms with Gasteiger partial charge in [0.2, 0.25) is 5.91 Å². The average Bonchev–Trinajstić information content (AvgIpc) is 2.33. The quantitative estimate of drug-likeness (QED) is 0.735. The van der Waals surface area contributed by atoms with Gasteiger partial charge in [-0.25, -0.2) is 0 Å². The van der Waals surface area contributed by atoms with Gasteiger partial charge < -0.3 is 15.4 Å². The SMILES string of the molecule is CCOCCN(CC)C(=O)C1CC(C)CC(N)C1. The van der Waals surface area contributed by atoms with Crippen LogP contribution in [-0.2, 0) is 9.53 Å². The number of amides is 1. The first-order valence-corrected chi connectivity index (χ1v) is 7.20. The fourth-order valence-electron chi connectivity index (χ4n) is 2.86. The van der Waals surface area contributed by atoms with Gasteiger partial charge in [0.25, 0.3) is 0 Å². The lowest BCUT2D eigenvalue weighted by molar-refractivity contribution is -0.137. The van der Waals surface area contributed by atoms with Gasteiger partial charge in [0.1, 0.15) is 0 Å². The summed E-state index contributed by atoms with van der Waals surface area (Å²) in [5, 5.41) is 0. The van der Waals surface area contributed by atoms with E-state index in [0.29, 0.717) is 25.7 Å². The van der Waals surface area contributed by atoms with Crippen molar-refractivity contribution in [3.05, 3.63) is 0 Å². The van der Waals surface area contributed by atoms with Gasteiger partial charge in [-0.3, -0.25) is 4.79 Å². The van der Waals surface area contributed by atoms with Gasteiger partial charge in [-0.1, -0.05) is 6.92 Å². The Morgan fingerprint density at radius 2 is 2.06 bits per heavy atom. The number of ether oxygens (including phenoxy) is 1. The van der Waals surface area contributed by atoms with Crippen LogP contribution < -0.4 is 5.73 Å². The summed E-state index contributed by atoms with van der Waals surface area (Å²) in [5.74, 6) is 0.942. The molecule has 0 aromatic heterocycles. The minimum atomic E-state index is 0.116. The van der Waals surface area contributed by atoms with Crippen LogP contribution in [0.1, 0.15) is 40.0 Å². The minimum absolute atomic E-state index is 0.116. The maximum absolute atomic E-state index is 12.4. The molecule has 1 rings (SSSR count). The van der Waals surface area contributed by atoms with Crippen molar-refractivity contribution in [2.45, 2.75) is 46.1 Å². The predicted octanol–water partition coefficient (Wildman–Crippen LogP) is 1.63. The highest BCUT2D eigenvalue weighted by atomic mass is 16.5. The zero-order valence-electron chi connectivity index (χ0n) is 12.0. The lowest BCUT2D eigenvalue weighted by atomic mass is 9.79. The van der Waals surface area contributed by atoms with E-state index in [4.69, 9.17) is 10.5 Å². The van der Waals surface area contributed by atoms with Crippen molar-refractivity contribution >= 4 is 5.91 Å². The van der Waals surface area contributed by atoms with E-state index in [1.807, 2.05) is 18.7 Å². The molecule has 0 radical (unpaired) electrons. The molecule has 0 aromatic carbocycles. The number of likely N-dealkylation sites (N-methyl/N-ethyl adjacent to an activating group) is 1. The van der Waals surface area contributed by atoms with Crippen molar-refractivity contribution in [1.82, 2.24) is 4.90 Å². The predicted molar refractivity (Wildman–Crippen MR) is 73.2 cm³/mol. The second-order valence-corrected chi connectivity index (χ2v) is 5.38. The standard InChI is InChI=1S/C14H28N2O2/c1-4-16(6-7-18-5-2)14(17)12-8-11(3)9-13(15)10-12/h11-13H,4-10,15H2,1-3H3. The molecule has 1 aliphatic carbocycles. The third-order valence-electron chi connectivity index (χ3n) is 3.73. The fourth-order valence-corrected chi connectivity index (χ4v) is 2.86. The molecular weight excluding hydrogens is 228 g/mol. The molecule has 3 unspecified atom stereocenters. The topological polar surface area (TPSA) is 55.6 Å². The highest BCUT2D eigenvalue weighted by Crippen LogP contribution is 2.29. The Morgan fingerprint density at radius 3 is 2.61 bits per heavy atom. The summed E-state index contributed by atoms with van der Waals surface area (Å²) in [6.07, 6.45) is 2.88. The highest BCUT2D eigenvalue weighted by Gasteiger charge is 2.31. The summed E-state index contributed by atoms with van der Waals surface area (Å²) in [5.41, 5.74) is 6.02. The number of rotatable bonds is 6. The Labute approximate surface area is 111 Å². The molecule has 1 fully saturated rings. The molecule has 0 aliphatic heterocycles. The van der Waals surface area contributed by atoms with Gasteiger partial charge in [0.15, 0.2) is 0 Å². The third-order valence-corrected chi connectivity index (χ3v) is 3.73. The molecule has 4 heteroatoms. The molecule has 3 atom stereocenters. The first-order chi connectivity index (χ1) is 8.58. The van der Waals surface area contributed by atoms with E-state index < -0.39 is 0 Å². The summed E-state index contributed by atoms with van der Waals surface area (Å²) >= 11 is 0. The molecule has 0 saturated heterocycles. The van der Waals surface area contributed by atoms with Gasteiger partial charge in [0, 0.05) is 31.7 Å². The molecule has 0 spiro atoms. The van der Waals surface area contributed by atoms with E-state index >= 15 is 0 Å². The number of hydrogen-bond donors (Lipinski definition) is 1. The molecule has 106 valence electrons. The van der Waals surface area contributed by atoms with Crippen LogP contribution in [0.3, 0.4) is 0 Å². The first kappa shape index (κ1) is 15.4. The number of nitrogens with two attached hydrogens (primary N) is 1. The smallest absolute Gasteiger partial charge is 0.225 e. The summed E-state index contributed by atoms with van der Waals surface area (Å²) in [4.78, 5) is 14.3. The Bertz CT molecular complexity index is 248. The van der Waals surface area contributed by atoms with Crippen molar-refractivity contribution in [2.75, 3.05) is 26.3 Å². The normalized spacial score (nSPS) is 28.1. The summed E-state index contributed by atoms with van der Waals surface area (Å²) < 4.78 is 5.33. The van der Waals surface area contributed by atoms with E-state index in [1.165, 1.54) is 0 Å². The Kier molecular flexibility index (Phi) is 6.65. The van der Waals surface area contributed by atoms with Gasteiger partial charge in [-0.15, -0.1) is 0 Å². The monoisotopic (exact) mass is 256 g/mol. The number of hydrogen-bond acceptors (Lipinski definition) is 3. The van der Waals surface area contributed by atoms with Crippen molar-refractivity contribution in [1.29, 1.82) is 0 Å². The van der Waals surface area contributed by atoms with Crippen LogP contribution in [0.2, 0.25) is 0 Å². The van der Waals surface area contributed by atoms with E-state index in [2.05, 4.69) is 6.92 Å². The van der Waals surface area contributed by atoms with E-state index in [0.717, 1.165) is 25.8 Å². The number of nitrogens with zero attached hydrogens (tertiary/aromatic N) is 1. The minimum Gasteiger partial charge on any atom is -0.380 e. The third kappa shape index (κ3) is 4.58. The number of carbonyl (C=O) groups is 1. The van der Waals surface area contributed by atoms with Crippen molar-refractivity contribution in [3.8, 4) is 0 Å². The van der Waals surface area contributed by atoms with Crippen LogP contribution >= 0.6 is 0 Å². The van der Waals surface area contributed by atoms with E-state index in [1.54, 1.807) is 0 Å². The molecule has 4 nitrogen and oxygen atoms in total. The summed E-state index contributed by atoms with van der Waals surface area (Å²) in [6.45, 7) is 8.97. The molecule has 1 amide bonds. The van der Waals surface area contributed by atoms with Crippen LogP contribution in [0.15, 0.2) is 0 Å². The second-order valence-electron chi connectivity index (χ2n) is 5.38. The van der Waals surface area contributed by atoms with Gasteiger partial charge in [-0.05, 0) is 39.0 Å². The lowest BCUT2D eigenvalue weighted by Gasteiger charge is -2.33. The number of carbonyl (C=O) groups excluding carboxylic acids is 1. The molecule has 1 saturated carbocycles. The Hall–Kier alpha value is -0.610. The zero-order chi connectivity index (χ0) is 13.5. The lowest BCUT2D eigenvalue weighted by Crippen LogP contribution is -2.43. The summed E-state index contributed by atoms with van der Waals surface area (Å²) in [6, 6.07) is 0.188. The molecular formula is C14H28N2O2. The summed E-state index contributed by atoms with van der Waals surface area (Å²) in [7, 11) is 0. The molecule has 1 aliphatic rings. The van der Waals surface area contributed by atoms with Crippen molar-refractivity contribution < 1.29 is 9.53 Å². The van der Waals surface area contributed by atoms with E-state index in [9.17, 15) is 4.79 Å². The van der Waals surface area contributed by atoms with Crippen molar-refractivity contribution in [2.24, 2.45) is 17.6 Å². The maximum Gasteiger partial charge on any atom is 0.225 e. The molecule has 0 bridgehead atoms. The van der Waals surface area contributed by atoms with E-state index in [-0.39, 0.29) is 17.9 Å². The Balaban J connectivity index is 2.49. The van der Waals surface area contributed by atoms with Crippen LogP contribution in [0.4, 0.5) is 0 Å². The highest BCUT2D eigenvalue weighted by molar-refractivity contribution is 5.79. The van der Waals surface area contributed by atoms with Crippen LogP contribution in [-0.4, -0.2) is 43.2 Å². The zero-order valence-corrected chi connectivity index (χ0v) is 12.0. The van der Waals surface area contributed by atoms with Crippen LogP contribution in [0, 0.1) is 11.8 Å². The van der Waals surface area contributed by atoms with Crippen LogP contribution in [0.5, 0.6) is 0 Å². The maximum atomic E-state index is 12.4. The largest absolute Gasteiger partial charge is 0.380 e. The van der Waals surface area contributed by atoms with Gasteiger partial charge >= 0.3 is 0 Å². The van der Waals surface area contributed by atoms with Gasteiger partial charge in [-0.2, -0.15) is 0 Å². The van der Waals surface area contributed by atoms with Crippen molar-refractivity contribution in [3.63, 3.8) is 0 Å². The average molecular weight is 256 g/mol. The first-order valence-electron chi connectivity index (χ1n) is 7.20.